The largest absolute Gasteiger partial charge is 0.538 e. The fourth-order valence-corrected chi connectivity index (χ4v) is 3.50. The minimum Gasteiger partial charge on any atom is -0.538 e. The van der Waals surface area contributed by atoms with Crippen molar-refractivity contribution in [3.8, 4) is 11.6 Å². The van der Waals surface area contributed by atoms with Gasteiger partial charge in [0.05, 0.1) is 16.1 Å². The average Bonchev–Trinajstić information content (AvgIpc) is 3.06. The van der Waals surface area contributed by atoms with Crippen molar-refractivity contribution in [3.05, 3.63) is 60.2 Å². The molecule has 1 amide bonds. The zero-order valence-corrected chi connectivity index (χ0v) is 16.0. The lowest BCUT2D eigenvalue weighted by molar-refractivity contribution is -0.705. The lowest BCUT2D eigenvalue weighted by atomic mass is 10.2. The van der Waals surface area contributed by atoms with E-state index in [0.717, 1.165) is 23.9 Å². The number of hydrogen-bond acceptors (Lipinski definition) is 5. The molecule has 1 N–H and O–H groups in total. The Balaban J connectivity index is 1.79. The lowest BCUT2D eigenvalue weighted by Crippen LogP contribution is -2.36. The minimum absolute atomic E-state index is 0.0208. The van der Waals surface area contributed by atoms with E-state index < -0.39 is 28.8 Å². The number of benzene rings is 2. The summed E-state index contributed by atoms with van der Waals surface area (Å²) in [6.45, 7) is 1.73. The topological polar surface area (TPSA) is 82.1 Å². The van der Waals surface area contributed by atoms with Gasteiger partial charge in [-0.15, -0.1) is 0 Å². The first-order valence-corrected chi connectivity index (χ1v) is 9.46. The predicted octanol–water partition coefficient (Wildman–Crippen LogP) is 3.55. The Bertz CT molecular complexity index is 993. The van der Waals surface area contributed by atoms with Crippen LogP contribution in [0.15, 0.2) is 64.1 Å². The van der Waals surface area contributed by atoms with Crippen LogP contribution < -0.4 is 15.1 Å². The summed E-state index contributed by atoms with van der Waals surface area (Å²) in [7, 11) is 0. The molecule has 3 aromatic rings. The zero-order valence-electron chi connectivity index (χ0n) is 15.1. The number of nitrogens with zero attached hydrogens (tertiary/aromatic N) is 2. The summed E-state index contributed by atoms with van der Waals surface area (Å²) >= 11 is 0.941. The molecule has 1 heterocycles. The fraction of sp³-hybridized carbons (Fsp3) is 0.211. The van der Waals surface area contributed by atoms with Gasteiger partial charge in [-0.25, -0.2) is 0 Å². The first-order valence-electron chi connectivity index (χ1n) is 8.59. The van der Waals surface area contributed by atoms with Gasteiger partial charge in [0.1, 0.15) is 0 Å². The molecule has 152 valence electrons. The van der Waals surface area contributed by atoms with Crippen molar-refractivity contribution in [1.82, 2.24) is 5.27 Å². The van der Waals surface area contributed by atoms with Crippen LogP contribution in [0.3, 0.4) is 0 Å². The number of hydrogen-bond donors (Lipinski definition) is 1. The van der Waals surface area contributed by atoms with E-state index in [9.17, 15) is 23.1 Å². The number of anilines is 1. The van der Waals surface area contributed by atoms with E-state index in [0.29, 0.717) is 12.1 Å². The highest BCUT2D eigenvalue weighted by molar-refractivity contribution is 8.00. The molecule has 10 heteroatoms. The number of carbonyl (C=O) groups is 1. The second kappa shape index (κ2) is 8.56. The van der Waals surface area contributed by atoms with E-state index in [1.54, 1.807) is 37.3 Å². The van der Waals surface area contributed by atoms with Crippen LogP contribution in [-0.2, 0) is 11.0 Å². The fourth-order valence-electron chi connectivity index (χ4n) is 2.53. The van der Waals surface area contributed by atoms with Crippen molar-refractivity contribution in [3.63, 3.8) is 0 Å². The van der Waals surface area contributed by atoms with Crippen molar-refractivity contribution >= 4 is 23.4 Å². The van der Waals surface area contributed by atoms with Crippen molar-refractivity contribution in [2.75, 3.05) is 5.32 Å². The van der Waals surface area contributed by atoms with Gasteiger partial charge >= 0.3 is 6.18 Å². The van der Waals surface area contributed by atoms with Crippen LogP contribution in [0.25, 0.3) is 5.69 Å². The van der Waals surface area contributed by atoms with Crippen molar-refractivity contribution in [2.45, 2.75) is 29.8 Å². The number of nitrogens with one attached hydrogen (secondary N) is 1. The van der Waals surface area contributed by atoms with E-state index in [4.69, 9.17) is 4.52 Å². The molecule has 0 aliphatic carbocycles. The molecule has 1 atom stereocenters. The molecule has 6 nitrogen and oxygen atoms in total. The maximum absolute atomic E-state index is 12.9. The number of para-hydroxylation sites is 1. The van der Waals surface area contributed by atoms with Crippen LogP contribution in [0.4, 0.5) is 18.9 Å². The SMILES string of the molecule is CCC(Sc1c([O-])on[n+]1-c1ccccc1)C(=O)Nc1cccc(C(F)(F)F)c1. The third-order valence-corrected chi connectivity index (χ3v) is 5.34. The Hall–Kier alpha value is -3.01. The summed E-state index contributed by atoms with van der Waals surface area (Å²) in [6.07, 6.45) is -4.18. The number of rotatable bonds is 6. The van der Waals surface area contributed by atoms with Gasteiger partial charge < -0.3 is 14.9 Å². The summed E-state index contributed by atoms with van der Waals surface area (Å²) < 4.78 is 44.6. The second-order valence-electron chi connectivity index (χ2n) is 6.00. The Labute approximate surface area is 168 Å². The highest BCUT2D eigenvalue weighted by Crippen LogP contribution is 2.32. The molecular weight excluding hydrogens is 407 g/mol. The molecule has 0 aliphatic rings. The standard InChI is InChI=1S/C19H16F3N3O3S/c1-2-15(16(26)23-13-8-6-7-12(11-13)19(20,21)22)29-17-18(27)28-24-25(17)14-9-4-3-5-10-14/h3-11,15H,2H2,1H3,(H-,23,24,26,27). The van der Waals surface area contributed by atoms with Crippen LogP contribution >= 0.6 is 11.8 Å². The monoisotopic (exact) mass is 423 g/mol. The number of carbonyl (C=O) groups excluding carboxylic acids is 1. The van der Waals surface area contributed by atoms with Gasteiger partial charge in [0, 0.05) is 17.8 Å². The molecule has 3 rings (SSSR count). The van der Waals surface area contributed by atoms with Crippen LogP contribution in [0, 0.1) is 0 Å². The molecule has 0 spiro atoms. The summed E-state index contributed by atoms with van der Waals surface area (Å²) in [5, 5.41) is 17.6. The summed E-state index contributed by atoms with van der Waals surface area (Å²) in [5.74, 6) is -1.23. The first-order chi connectivity index (χ1) is 13.8. The lowest BCUT2D eigenvalue weighted by Gasteiger charge is -2.14. The smallest absolute Gasteiger partial charge is 0.416 e. The summed E-state index contributed by atoms with van der Waals surface area (Å²) in [6, 6.07) is 13.1. The molecule has 0 saturated heterocycles. The number of aromatic nitrogens is 2. The molecule has 1 unspecified atom stereocenters. The summed E-state index contributed by atoms with van der Waals surface area (Å²) in [4.78, 5) is 12.6. The van der Waals surface area contributed by atoms with Gasteiger partial charge in [0.25, 0.3) is 5.03 Å². The minimum atomic E-state index is -4.51. The van der Waals surface area contributed by atoms with E-state index in [1.807, 2.05) is 0 Å². The molecular formula is C19H16F3N3O3S. The van der Waals surface area contributed by atoms with Gasteiger partial charge in [0.2, 0.25) is 11.6 Å². The van der Waals surface area contributed by atoms with E-state index in [2.05, 4.69) is 10.6 Å². The number of amides is 1. The maximum atomic E-state index is 12.9. The number of thioether (sulfide) groups is 1. The Morgan fingerprint density at radius 1 is 1.24 bits per heavy atom. The molecule has 1 aromatic heterocycles. The van der Waals surface area contributed by atoms with Crippen molar-refractivity contribution in [1.29, 1.82) is 0 Å². The van der Waals surface area contributed by atoms with Gasteiger partial charge in [-0.2, -0.15) is 13.2 Å². The van der Waals surface area contributed by atoms with Gasteiger partial charge in [-0.3, -0.25) is 4.79 Å². The molecule has 0 fully saturated rings. The van der Waals surface area contributed by atoms with Gasteiger partial charge in [0.15, 0.2) is 5.95 Å². The van der Waals surface area contributed by atoms with E-state index >= 15 is 0 Å². The zero-order chi connectivity index (χ0) is 21.0. The first kappa shape index (κ1) is 20.7. The average molecular weight is 423 g/mol. The predicted molar refractivity (Wildman–Crippen MR) is 97.5 cm³/mol. The summed E-state index contributed by atoms with van der Waals surface area (Å²) in [5.41, 5.74) is -0.264. The maximum Gasteiger partial charge on any atom is 0.416 e. The second-order valence-corrected chi connectivity index (χ2v) is 7.19. The highest BCUT2D eigenvalue weighted by Gasteiger charge is 2.31. The third kappa shape index (κ3) is 4.89. The Kier molecular flexibility index (Phi) is 6.12. The quantitative estimate of drug-likeness (QED) is 0.484. The molecule has 2 aromatic carbocycles. The molecule has 0 aliphatic heterocycles. The van der Waals surface area contributed by atoms with E-state index in [1.165, 1.54) is 16.8 Å². The molecule has 29 heavy (non-hydrogen) atoms. The van der Waals surface area contributed by atoms with Crippen molar-refractivity contribution in [2.24, 2.45) is 0 Å². The number of alkyl halides is 3. The van der Waals surface area contributed by atoms with Gasteiger partial charge in [-0.1, -0.05) is 31.2 Å². The normalized spacial score (nSPS) is 12.6. The van der Waals surface area contributed by atoms with E-state index in [-0.39, 0.29) is 10.7 Å². The third-order valence-electron chi connectivity index (χ3n) is 3.95. The van der Waals surface area contributed by atoms with Crippen LogP contribution in [0.5, 0.6) is 5.95 Å². The molecule has 0 radical (unpaired) electrons. The highest BCUT2D eigenvalue weighted by atomic mass is 32.2. The van der Waals surface area contributed by atoms with Gasteiger partial charge in [-0.05, 0) is 41.1 Å². The molecule has 0 saturated carbocycles. The van der Waals surface area contributed by atoms with Crippen LogP contribution in [-0.4, -0.2) is 16.4 Å². The Morgan fingerprint density at radius 3 is 2.62 bits per heavy atom. The van der Waals surface area contributed by atoms with Crippen LogP contribution in [0.1, 0.15) is 18.9 Å². The van der Waals surface area contributed by atoms with Crippen LogP contribution in [0.2, 0.25) is 0 Å². The number of halogens is 3. The van der Waals surface area contributed by atoms with Crippen molar-refractivity contribution < 1.29 is 32.3 Å². The Morgan fingerprint density at radius 2 is 1.97 bits per heavy atom. The molecule has 0 bridgehead atoms.